The number of ether oxygens (including phenoxy) is 1. The second-order valence-electron chi connectivity index (χ2n) is 4.54. The molecule has 0 aliphatic rings. The van der Waals surface area contributed by atoms with Crippen LogP contribution >= 0.6 is 27.5 Å². The lowest BCUT2D eigenvalue weighted by atomic mass is 10.0. The molecular formula is C16H17BrClNO. The van der Waals surface area contributed by atoms with E-state index < -0.39 is 0 Å². The molecule has 0 aliphatic carbocycles. The number of nitrogens with one attached hydrogen (secondary N) is 1. The summed E-state index contributed by atoms with van der Waals surface area (Å²) in [4.78, 5) is 0. The van der Waals surface area contributed by atoms with E-state index in [0.29, 0.717) is 0 Å². The van der Waals surface area contributed by atoms with Crippen LogP contribution in [-0.4, -0.2) is 7.11 Å². The summed E-state index contributed by atoms with van der Waals surface area (Å²) in [5.41, 5.74) is 2.20. The van der Waals surface area contributed by atoms with Crippen molar-refractivity contribution in [1.82, 2.24) is 0 Å². The smallest absolute Gasteiger partial charge is 0.122 e. The van der Waals surface area contributed by atoms with E-state index in [1.165, 1.54) is 5.56 Å². The average Bonchev–Trinajstić information content (AvgIpc) is 2.44. The molecule has 2 aromatic carbocycles. The molecule has 0 amide bonds. The predicted molar refractivity (Wildman–Crippen MR) is 88.8 cm³/mol. The molecule has 0 saturated heterocycles. The highest BCUT2D eigenvalue weighted by molar-refractivity contribution is 9.10. The van der Waals surface area contributed by atoms with Crippen LogP contribution in [0.3, 0.4) is 0 Å². The van der Waals surface area contributed by atoms with E-state index >= 15 is 0 Å². The largest absolute Gasteiger partial charge is 0.497 e. The van der Waals surface area contributed by atoms with Crippen molar-refractivity contribution in [3.05, 3.63) is 57.5 Å². The Balaban J connectivity index is 2.24. The number of halogens is 2. The molecule has 0 heterocycles. The van der Waals surface area contributed by atoms with E-state index in [9.17, 15) is 0 Å². The summed E-state index contributed by atoms with van der Waals surface area (Å²) >= 11 is 9.56. The number of methoxy groups -OCH3 is 1. The van der Waals surface area contributed by atoms with Gasteiger partial charge in [-0.3, -0.25) is 0 Å². The van der Waals surface area contributed by atoms with Gasteiger partial charge >= 0.3 is 0 Å². The highest BCUT2D eigenvalue weighted by Gasteiger charge is 2.10. The summed E-state index contributed by atoms with van der Waals surface area (Å²) in [6.07, 6.45) is 0.967. The molecule has 0 aliphatic heterocycles. The molecule has 1 atom stereocenters. The predicted octanol–water partition coefficient (Wildman–Crippen LogP) is 5.67. The Kier molecular flexibility index (Phi) is 5.32. The van der Waals surface area contributed by atoms with Gasteiger partial charge < -0.3 is 10.1 Å². The summed E-state index contributed by atoms with van der Waals surface area (Å²) in [5, 5.41) is 4.28. The van der Waals surface area contributed by atoms with Gasteiger partial charge in [-0.05, 0) is 36.2 Å². The van der Waals surface area contributed by atoms with Crippen LogP contribution in [0.25, 0.3) is 0 Å². The summed E-state index contributed by atoms with van der Waals surface area (Å²) in [7, 11) is 1.67. The molecule has 2 rings (SSSR count). The lowest BCUT2D eigenvalue weighted by Crippen LogP contribution is -2.09. The number of benzene rings is 2. The van der Waals surface area contributed by atoms with E-state index in [0.717, 1.165) is 27.4 Å². The van der Waals surface area contributed by atoms with Gasteiger partial charge in [-0.2, -0.15) is 0 Å². The van der Waals surface area contributed by atoms with Gasteiger partial charge in [-0.1, -0.05) is 46.6 Å². The lowest BCUT2D eigenvalue weighted by molar-refractivity contribution is 0.414. The first-order valence-corrected chi connectivity index (χ1v) is 7.66. The van der Waals surface area contributed by atoms with Crippen molar-refractivity contribution in [3.63, 3.8) is 0 Å². The first-order valence-electron chi connectivity index (χ1n) is 6.49. The SMILES string of the molecule is CCC(Nc1cc(Br)cc(OC)c1)c1cccc(Cl)c1. The Bertz CT molecular complexity index is 588. The summed E-state index contributed by atoms with van der Waals surface area (Å²) in [6.45, 7) is 2.15. The van der Waals surface area contributed by atoms with Crippen LogP contribution in [0, 0.1) is 0 Å². The fraction of sp³-hybridized carbons (Fsp3) is 0.250. The Hall–Kier alpha value is -1.19. The van der Waals surface area contributed by atoms with Crippen molar-refractivity contribution in [3.8, 4) is 5.75 Å². The number of hydrogen-bond acceptors (Lipinski definition) is 2. The van der Waals surface area contributed by atoms with Gasteiger partial charge in [0, 0.05) is 21.2 Å². The number of rotatable bonds is 5. The van der Waals surface area contributed by atoms with Crippen molar-refractivity contribution in [2.24, 2.45) is 0 Å². The quantitative estimate of drug-likeness (QED) is 0.746. The van der Waals surface area contributed by atoms with Crippen LogP contribution in [0.15, 0.2) is 46.9 Å². The molecule has 0 spiro atoms. The summed E-state index contributed by atoms with van der Waals surface area (Å²) in [6, 6.07) is 14.1. The van der Waals surface area contributed by atoms with Crippen molar-refractivity contribution < 1.29 is 4.74 Å². The minimum absolute atomic E-state index is 0.215. The summed E-state index contributed by atoms with van der Waals surface area (Å²) in [5.74, 6) is 0.822. The van der Waals surface area contributed by atoms with Gasteiger partial charge in [0.2, 0.25) is 0 Å². The van der Waals surface area contributed by atoms with Gasteiger partial charge in [0.15, 0.2) is 0 Å². The average molecular weight is 355 g/mol. The van der Waals surface area contributed by atoms with Crippen LogP contribution in [0.5, 0.6) is 5.75 Å². The second-order valence-corrected chi connectivity index (χ2v) is 5.89. The molecule has 106 valence electrons. The molecule has 0 aromatic heterocycles. The summed E-state index contributed by atoms with van der Waals surface area (Å²) < 4.78 is 6.27. The van der Waals surface area contributed by atoms with Crippen LogP contribution in [0.1, 0.15) is 24.9 Å². The van der Waals surface area contributed by atoms with Gasteiger partial charge in [-0.15, -0.1) is 0 Å². The van der Waals surface area contributed by atoms with Crippen molar-refractivity contribution in [2.75, 3.05) is 12.4 Å². The fourth-order valence-corrected chi connectivity index (χ4v) is 2.78. The van der Waals surface area contributed by atoms with E-state index in [4.69, 9.17) is 16.3 Å². The lowest BCUT2D eigenvalue weighted by Gasteiger charge is -2.19. The maximum Gasteiger partial charge on any atom is 0.122 e. The minimum atomic E-state index is 0.215. The number of hydrogen-bond donors (Lipinski definition) is 1. The highest BCUT2D eigenvalue weighted by Crippen LogP contribution is 2.29. The van der Waals surface area contributed by atoms with Gasteiger partial charge in [0.25, 0.3) is 0 Å². The van der Waals surface area contributed by atoms with Crippen LogP contribution in [-0.2, 0) is 0 Å². The zero-order chi connectivity index (χ0) is 14.5. The van der Waals surface area contributed by atoms with Crippen molar-refractivity contribution >= 4 is 33.2 Å². The van der Waals surface area contributed by atoms with Gasteiger partial charge in [0.05, 0.1) is 13.2 Å². The van der Waals surface area contributed by atoms with Crippen LogP contribution in [0.4, 0.5) is 5.69 Å². The third kappa shape index (κ3) is 3.90. The molecule has 0 radical (unpaired) electrons. The van der Waals surface area contributed by atoms with Gasteiger partial charge in [0.1, 0.15) is 5.75 Å². The van der Waals surface area contributed by atoms with E-state index in [1.54, 1.807) is 7.11 Å². The molecule has 0 saturated carbocycles. The molecule has 0 fully saturated rings. The highest BCUT2D eigenvalue weighted by atomic mass is 79.9. The Labute approximate surface area is 133 Å². The second kappa shape index (κ2) is 7.00. The number of anilines is 1. The zero-order valence-corrected chi connectivity index (χ0v) is 13.8. The maximum atomic E-state index is 6.07. The third-order valence-electron chi connectivity index (χ3n) is 3.11. The molecule has 2 aromatic rings. The molecule has 0 bridgehead atoms. The molecule has 2 nitrogen and oxygen atoms in total. The Morgan fingerprint density at radius 2 is 2.05 bits per heavy atom. The molecule has 20 heavy (non-hydrogen) atoms. The zero-order valence-electron chi connectivity index (χ0n) is 11.5. The van der Waals surface area contributed by atoms with Crippen LogP contribution < -0.4 is 10.1 Å². The Morgan fingerprint density at radius 3 is 2.70 bits per heavy atom. The third-order valence-corrected chi connectivity index (χ3v) is 3.80. The maximum absolute atomic E-state index is 6.07. The normalized spacial score (nSPS) is 12.0. The first-order chi connectivity index (χ1) is 9.62. The molecular weight excluding hydrogens is 338 g/mol. The minimum Gasteiger partial charge on any atom is -0.497 e. The molecule has 1 N–H and O–H groups in total. The topological polar surface area (TPSA) is 21.3 Å². The first kappa shape index (κ1) is 15.2. The molecule has 1 unspecified atom stereocenters. The van der Waals surface area contributed by atoms with Crippen LogP contribution in [0.2, 0.25) is 5.02 Å². The van der Waals surface area contributed by atoms with Crippen molar-refractivity contribution in [2.45, 2.75) is 19.4 Å². The Morgan fingerprint density at radius 1 is 1.25 bits per heavy atom. The van der Waals surface area contributed by atoms with E-state index in [2.05, 4.69) is 34.2 Å². The van der Waals surface area contributed by atoms with Gasteiger partial charge in [-0.25, -0.2) is 0 Å². The van der Waals surface area contributed by atoms with Crippen molar-refractivity contribution in [1.29, 1.82) is 0 Å². The van der Waals surface area contributed by atoms with E-state index in [1.807, 2.05) is 36.4 Å². The molecule has 4 heteroatoms. The van der Waals surface area contributed by atoms with E-state index in [-0.39, 0.29) is 6.04 Å². The standard InChI is InChI=1S/C16H17BrClNO/c1-3-16(11-5-4-6-13(18)7-11)19-14-8-12(17)9-15(10-14)20-2/h4-10,16,19H,3H2,1-2H3. The fourth-order valence-electron chi connectivity index (χ4n) is 2.11. The monoisotopic (exact) mass is 353 g/mol.